The van der Waals surface area contributed by atoms with Crippen LogP contribution in [0.4, 0.5) is 0 Å². The van der Waals surface area contributed by atoms with Gasteiger partial charge in [-0.15, -0.1) is 0 Å². The first-order valence-electron chi connectivity index (χ1n) is 6.02. The molecule has 0 spiro atoms. The molecule has 0 amide bonds. The molecule has 3 rings (SSSR count). The van der Waals surface area contributed by atoms with Crippen molar-refractivity contribution in [3.8, 4) is 5.75 Å². The summed E-state index contributed by atoms with van der Waals surface area (Å²) in [5.41, 5.74) is 2.53. The Labute approximate surface area is 115 Å². The largest absolute Gasteiger partial charge is 0.491 e. The Kier molecular flexibility index (Phi) is 3.35. The molecular formula is C15H14BrNO. The van der Waals surface area contributed by atoms with Crippen LogP contribution in [0.15, 0.2) is 53.0 Å². The van der Waals surface area contributed by atoms with E-state index in [1.807, 2.05) is 18.2 Å². The van der Waals surface area contributed by atoms with E-state index in [2.05, 4.69) is 51.6 Å². The van der Waals surface area contributed by atoms with Gasteiger partial charge in [-0.2, -0.15) is 0 Å². The van der Waals surface area contributed by atoms with Crippen LogP contribution < -0.4 is 10.1 Å². The molecule has 1 heterocycles. The second-order valence-corrected chi connectivity index (χ2v) is 5.33. The quantitative estimate of drug-likeness (QED) is 0.934. The van der Waals surface area contributed by atoms with Crippen molar-refractivity contribution in [2.75, 3.05) is 6.61 Å². The van der Waals surface area contributed by atoms with E-state index in [1.165, 1.54) is 11.1 Å². The molecule has 2 nitrogen and oxygen atoms in total. The van der Waals surface area contributed by atoms with Crippen molar-refractivity contribution in [3.63, 3.8) is 0 Å². The van der Waals surface area contributed by atoms with Crippen LogP contribution in [0, 0.1) is 0 Å². The van der Waals surface area contributed by atoms with Gasteiger partial charge in [0.1, 0.15) is 12.4 Å². The fourth-order valence-electron chi connectivity index (χ4n) is 2.22. The van der Waals surface area contributed by atoms with E-state index >= 15 is 0 Å². The van der Waals surface area contributed by atoms with Crippen molar-refractivity contribution in [2.24, 2.45) is 0 Å². The zero-order chi connectivity index (χ0) is 12.4. The number of hydrogen-bond donors (Lipinski definition) is 1. The monoisotopic (exact) mass is 303 g/mol. The molecule has 0 aliphatic carbocycles. The number of rotatable bonds is 3. The summed E-state index contributed by atoms with van der Waals surface area (Å²) >= 11 is 3.49. The second kappa shape index (κ2) is 5.12. The van der Waals surface area contributed by atoms with Crippen LogP contribution in [0.25, 0.3) is 0 Å². The van der Waals surface area contributed by atoms with Crippen LogP contribution >= 0.6 is 15.9 Å². The molecule has 1 N–H and O–H groups in total. The molecule has 2 aromatic rings. The molecule has 1 unspecified atom stereocenters. The molecule has 0 bridgehead atoms. The molecule has 1 aliphatic rings. The lowest BCUT2D eigenvalue weighted by Gasteiger charge is -2.11. The van der Waals surface area contributed by atoms with Gasteiger partial charge < -0.3 is 10.1 Å². The second-order valence-electron chi connectivity index (χ2n) is 4.41. The van der Waals surface area contributed by atoms with Gasteiger partial charge in [-0.3, -0.25) is 0 Å². The van der Waals surface area contributed by atoms with Crippen LogP contribution in [0.1, 0.15) is 17.2 Å². The van der Waals surface area contributed by atoms with Crippen molar-refractivity contribution >= 4 is 15.9 Å². The molecule has 92 valence electrons. The molecule has 3 heteroatoms. The average Bonchev–Trinajstić information content (AvgIpc) is 2.80. The van der Waals surface area contributed by atoms with Crippen LogP contribution in [-0.2, 0) is 6.54 Å². The maximum Gasteiger partial charge on any atom is 0.124 e. The van der Waals surface area contributed by atoms with Gasteiger partial charge in [0.25, 0.3) is 0 Å². The number of ether oxygens (including phenoxy) is 1. The number of hydrogen-bond acceptors (Lipinski definition) is 2. The van der Waals surface area contributed by atoms with Gasteiger partial charge in [0, 0.05) is 16.6 Å². The van der Waals surface area contributed by atoms with Crippen molar-refractivity contribution in [1.29, 1.82) is 0 Å². The highest BCUT2D eigenvalue weighted by molar-refractivity contribution is 9.10. The van der Waals surface area contributed by atoms with Crippen molar-refractivity contribution in [2.45, 2.75) is 12.6 Å². The van der Waals surface area contributed by atoms with E-state index in [9.17, 15) is 0 Å². The normalized spacial score (nSPS) is 17.3. The maximum atomic E-state index is 5.65. The fourth-order valence-corrected chi connectivity index (χ4v) is 2.67. The van der Waals surface area contributed by atoms with Crippen LogP contribution in [0.5, 0.6) is 5.75 Å². The van der Waals surface area contributed by atoms with Crippen molar-refractivity contribution in [3.05, 3.63) is 64.1 Å². The van der Waals surface area contributed by atoms with E-state index in [0.29, 0.717) is 12.6 Å². The molecule has 1 atom stereocenters. The Morgan fingerprint density at radius 1 is 1.17 bits per heavy atom. The Morgan fingerprint density at radius 3 is 2.94 bits per heavy atom. The van der Waals surface area contributed by atoms with E-state index in [0.717, 1.165) is 16.8 Å². The minimum Gasteiger partial charge on any atom is -0.491 e. The molecular weight excluding hydrogens is 290 g/mol. The first kappa shape index (κ1) is 11.8. The molecule has 0 fully saturated rings. The summed E-state index contributed by atoms with van der Waals surface area (Å²) in [6.45, 7) is 1.56. The molecule has 0 saturated carbocycles. The lowest BCUT2D eigenvalue weighted by molar-refractivity contribution is 0.310. The predicted octanol–water partition coefficient (Wildman–Crippen LogP) is 3.67. The first-order valence-corrected chi connectivity index (χ1v) is 6.82. The molecule has 0 aromatic heterocycles. The minimum atomic E-state index is 0.292. The summed E-state index contributed by atoms with van der Waals surface area (Å²) in [5.74, 6) is 1.00. The number of halogens is 1. The standard InChI is InChI=1S/C15H14BrNO/c16-12-5-3-4-11(8-12)9-17-14-10-18-15-7-2-1-6-13(14)15/h1-8,14,17H,9-10H2. The van der Waals surface area contributed by atoms with Gasteiger partial charge in [0.05, 0.1) is 6.04 Å². The highest BCUT2D eigenvalue weighted by Crippen LogP contribution is 2.31. The topological polar surface area (TPSA) is 21.3 Å². The molecule has 0 saturated heterocycles. The summed E-state index contributed by atoms with van der Waals surface area (Å²) < 4.78 is 6.77. The van der Waals surface area contributed by atoms with Gasteiger partial charge in [-0.1, -0.05) is 46.3 Å². The Bertz CT molecular complexity index is 556. The SMILES string of the molecule is Brc1cccc(CNC2COc3ccccc32)c1. The van der Waals surface area contributed by atoms with Crippen LogP contribution in [0.3, 0.4) is 0 Å². The first-order chi connectivity index (χ1) is 8.83. The number of para-hydroxylation sites is 1. The molecule has 18 heavy (non-hydrogen) atoms. The summed E-state index contributed by atoms with van der Waals surface area (Å²) in [7, 11) is 0. The maximum absolute atomic E-state index is 5.65. The third-order valence-electron chi connectivity index (χ3n) is 3.14. The summed E-state index contributed by atoms with van der Waals surface area (Å²) in [6.07, 6.45) is 0. The predicted molar refractivity (Wildman–Crippen MR) is 75.7 cm³/mol. The molecule has 2 aromatic carbocycles. The van der Waals surface area contributed by atoms with E-state index in [4.69, 9.17) is 4.74 Å². The van der Waals surface area contributed by atoms with Crippen molar-refractivity contribution < 1.29 is 4.74 Å². The molecule has 0 radical (unpaired) electrons. The van der Waals surface area contributed by atoms with Crippen LogP contribution in [-0.4, -0.2) is 6.61 Å². The van der Waals surface area contributed by atoms with Crippen LogP contribution in [0.2, 0.25) is 0 Å². The zero-order valence-electron chi connectivity index (χ0n) is 9.90. The highest BCUT2D eigenvalue weighted by atomic mass is 79.9. The lowest BCUT2D eigenvalue weighted by Crippen LogP contribution is -2.21. The lowest BCUT2D eigenvalue weighted by atomic mass is 10.1. The van der Waals surface area contributed by atoms with Gasteiger partial charge in [-0.25, -0.2) is 0 Å². The number of nitrogens with one attached hydrogen (secondary N) is 1. The fraction of sp³-hybridized carbons (Fsp3) is 0.200. The average molecular weight is 304 g/mol. The minimum absolute atomic E-state index is 0.292. The highest BCUT2D eigenvalue weighted by Gasteiger charge is 2.22. The molecule has 1 aliphatic heterocycles. The zero-order valence-corrected chi connectivity index (χ0v) is 11.5. The number of benzene rings is 2. The van der Waals surface area contributed by atoms with Gasteiger partial charge in [-0.05, 0) is 23.8 Å². The summed E-state index contributed by atoms with van der Waals surface area (Å²) in [6, 6.07) is 16.9. The van der Waals surface area contributed by atoms with Gasteiger partial charge in [0.2, 0.25) is 0 Å². The Morgan fingerprint density at radius 2 is 2.06 bits per heavy atom. The summed E-state index contributed by atoms with van der Waals surface area (Å²) in [4.78, 5) is 0. The Hall–Kier alpha value is -1.32. The Balaban J connectivity index is 1.69. The van der Waals surface area contributed by atoms with Gasteiger partial charge in [0.15, 0.2) is 0 Å². The van der Waals surface area contributed by atoms with E-state index in [-0.39, 0.29) is 0 Å². The van der Waals surface area contributed by atoms with Gasteiger partial charge >= 0.3 is 0 Å². The third kappa shape index (κ3) is 2.42. The van der Waals surface area contributed by atoms with Crippen molar-refractivity contribution in [1.82, 2.24) is 5.32 Å². The number of fused-ring (bicyclic) bond motifs is 1. The van der Waals surface area contributed by atoms with E-state index in [1.54, 1.807) is 0 Å². The smallest absolute Gasteiger partial charge is 0.124 e. The summed E-state index contributed by atoms with van der Waals surface area (Å²) in [5, 5.41) is 3.54. The third-order valence-corrected chi connectivity index (χ3v) is 3.63. The van der Waals surface area contributed by atoms with E-state index < -0.39 is 0 Å².